The van der Waals surface area contributed by atoms with E-state index in [2.05, 4.69) is 20.0 Å². The Labute approximate surface area is 95.6 Å². The fourth-order valence-corrected chi connectivity index (χ4v) is 1.23. The Morgan fingerprint density at radius 2 is 2.29 bits per heavy atom. The second-order valence-corrected chi connectivity index (χ2v) is 3.34. The normalized spacial score (nSPS) is 10.2. The van der Waals surface area contributed by atoms with Crippen molar-refractivity contribution >= 4 is 17.6 Å². The van der Waals surface area contributed by atoms with Gasteiger partial charge in [0.15, 0.2) is 5.82 Å². The van der Waals surface area contributed by atoms with Crippen LogP contribution in [-0.4, -0.2) is 16.0 Å². The van der Waals surface area contributed by atoms with E-state index in [1.54, 1.807) is 6.92 Å². The predicted molar refractivity (Wildman–Crippen MR) is 57.8 cm³/mol. The molecular formula is C10H9FN4O2. The van der Waals surface area contributed by atoms with E-state index in [4.69, 9.17) is 5.73 Å². The average Bonchev–Trinajstić information content (AvgIpc) is 2.63. The average molecular weight is 236 g/mol. The van der Waals surface area contributed by atoms with Crippen molar-refractivity contribution in [2.45, 2.75) is 6.92 Å². The molecule has 88 valence electrons. The van der Waals surface area contributed by atoms with Crippen molar-refractivity contribution in [3.05, 3.63) is 35.4 Å². The third-order valence-corrected chi connectivity index (χ3v) is 1.99. The summed E-state index contributed by atoms with van der Waals surface area (Å²) in [5.41, 5.74) is 5.47. The number of hydrogen-bond donors (Lipinski definition) is 2. The molecule has 1 heterocycles. The van der Waals surface area contributed by atoms with Gasteiger partial charge in [-0.1, -0.05) is 5.16 Å². The molecule has 7 heteroatoms. The van der Waals surface area contributed by atoms with Crippen LogP contribution in [0.2, 0.25) is 0 Å². The molecule has 0 saturated carbocycles. The van der Waals surface area contributed by atoms with Gasteiger partial charge in [-0.25, -0.2) is 4.39 Å². The van der Waals surface area contributed by atoms with Gasteiger partial charge >= 0.3 is 6.01 Å². The minimum atomic E-state index is -0.710. The number of amides is 1. The van der Waals surface area contributed by atoms with Crippen LogP contribution in [-0.2, 0) is 0 Å². The standard InChI is InChI=1S/C10H9FN4O2/c1-5-13-10(17-15-5)14-9(16)7-3-2-6(12)4-8(7)11/h2-4H,12H2,1H3,(H,13,14,15,16). The number of nitrogens with one attached hydrogen (secondary N) is 1. The molecule has 1 amide bonds. The maximum absolute atomic E-state index is 13.4. The zero-order valence-electron chi connectivity index (χ0n) is 8.90. The number of anilines is 2. The molecule has 0 radical (unpaired) electrons. The summed E-state index contributed by atoms with van der Waals surface area (Å²) in [5, 5.41) is 5.76. The first kappa shape index (κ1) is 11.1. The Morgan fingerprint density at radius 3 is 2.88 bits per heavy atom. The number of carbonyl (C=O) groups excluding carboxylic acids is 1. The Bertz CT molecular complexity index is 567. The lowest BCUT2D eigenvalue weighted by Gasteiger charge is -2.02. The van der Waals surface area contributed by atoms with Crippen LogP contribution in [0.5, 0.6) is 0 Å². The minimum absolute atomic E-state index is 0.0799. The van der Waals surface area contributed by atoms with Crippen LogP contribution >= 0.6 is 0 Å². The molecule has 0 aliphatic rings. The van der Waals surface area contributed by atoms with Crippen LogP contribution in [0.4, 0.5) is 16.1 Å². The summed E-state index contributed by atoms with van der Waals surface area (Å²) in [4.78, 5) is 15.4. The Morgan fingerprint density at radius 1 is 1.53 bits per heavy atom. The lowest BCUT2D eigenvalue weighted by molar-refractivity contribution is 0.101. The van der Waals surface area contributed by atoms with Crippen LogP contribution in [0.15, 0.2) is 22.7 Å². The molecule has 0 aliphatic carbocycles. The summed E-state index contributed by atoms with van der Waals surface area (Å²) in [6.45, 7) is 1.60. The second kappa shape index (κ2) is 4.20. The van der Waals surface area contributed by atoms with Gasteiger partial charge < -0.3 is 10.3 Å². The van der Waals surface area contributed by atoms with Gasteiger partial charge in [-0.05, 0) is 25.1 Å². The number of aryl methyl sites for hydroxylation is 1. The SMILES string of the molecule is Cc1noc(NC(=O)c2ccc(N)cc2F)n1. The van der Waals surface area contributed by atoms with Gasteiger partial charge in [0, 0.05) is 5.69 Å². The molecule has 0 bridgehead atoms. The smallest absolute Gasteiger partial charge is 0.328 e. The molecule has 3 N–H and O–H groups in total. The number of nitrogens with two attached hydrogens (primary N) is 1. The molecule has 1 aromatic heterocycles. The third kappa shape index (κ3) is 2.39. The van der Waals surface area contributed by atoms with Crippen LogP contribution in [0.25, 0.3) is 0 Å². The van der Waals surface area contributed by atoms with Crippen molar-refractivity contribution in [1.82, 2.24) is 10.1 Å². The highest BCUT2D eigenvalue weighted by Crippen LogP contribution is 2.13. The summed E-state index contributed by atoms with van der Waals surface area (Å²) in [6, 6.07) is 3.69. The van der Waals surface area contributed by atoms with E-state index in [1.807, 2.05) is 0 Å². The Balaban J connectivity index is 2.20. The highest BCUT2D eigenvalue weighted by molar-refractivity contribution is 6.03. The number of rotatable bonds is 2. The molecule has 0 fully saturated rings. The maximum atomic E-state index is 13.4. The first-order valence-electron chi connectivity index (χ1n) is 4.73. The van der Waals surface area contributed by atoms with Crippen LogP contribution in [0, 0.1) is 12.7 Å². The van der Waals surface area contributed by atoms with E-state index in [-0.39, 0.29) is 17.3 Å². The maximum Gasteiger partial charge on any atom is 0.328 e. The van der Waals surface area contributed by atoms with E-state index in [1.165, 1.54) is 12.1 Å². The van der Waals surface area contributed by atoms with Gasteiger partial charge in [0.1, 0.15) is 5.82 Å². The number of nitrogen functional groups attached to an aromatic ring is 1. The Hall–Kier alpha value is -2.44. The van der Waals surface area contributed by atoms with Crippen molar-refractivity contribution in [2.75, 3.05) is 11.1 Å². The first-order valence-corrected chi connectivity index (χ1v) is 4.73. The topological polar surface area (TPSA) is 94.0 Å². The van der Waals surface area contributed by atoms with E-state index < -0.39 is 11.7 Å². The van der Waals surface area contributed by atoms with Gasteiger partial charge in [0.2, 0.25) is 0 Å². The second-order valence-electron chi connectivity index (χ2n) is 3.34. The predicted octanol–water partition coefficient (Wildman–Crippen LogP) is 1.35. The van der Waals surface area contributed by atoms with Crippen LogP contribution in [0.3, 0.4) is 0 Å². The molecule has 2 aromatic rings. The lowest BCUT2D eigenvalue weighted by atomic mass is 10.2. The number of carbonyl (C=O) groups is 1. The first-order chi connectivity index (χ1) is 8.06. The zero-order chi connectivity index (χ0) is 12.4. The van der Waals surface area contributed by atoms with Gasteiger partial charge in [0.25, 0.3) is 5.91 Å². The fourth-order valence-electron chi connectivity index (χ4n) is 1.23. The summed E-state index contributed by atoms with van der Waals surface area (Å²) >= 11 is 0. The third-order valence-electron chi connectivity index (χ3n) is 1.99. The molecule has 0 aliphatic heterocycles. The number of nitrogens with zero attached hydrogens (tertiary/aromatic N) is 2. The van der Waals surface area contributed by atoms with Crippen LogP contribution < -0.4 is 11.1 Å². The molecule has 0 spiro atoms. The zero-order valence-corrected chi connectivity index (χ0v) is 8.90. The lowest BCUT2D eigenvalue weighted by Crippen LogP contribution is -2.14. The molecular weight excluding hydrogens is 227 g/mol. The van der Waals surface area contributed by atoms with E-state index in [0.29, 0.717) is 5.82 Å². The van der Waals surface area contributed by atoms with Crippen molar-refractivity contribution in [3.63, 3.8) is 0 Å². The molecule has 6 nitrogen and oxygen atoms in total. The number of benzene rings is 1. The molecule has 0 atom stereocenters. The summed E-state index contributed by atoms with van der Waals surface area (Å²) in [5.74, 6) is -1.01. The van der Waals surface area contributed by atoms with Crippen LogP contribution in [0.1, 0.15) is 16.2 Å². The molecule has 17 heavy (non-hydrogen) atoms. The van der Waals surface area contributed by atoms with Gasteiger partial charge in [-0.3, -0.25) is 10.1 Å². The minimum Gasteiger partial charge on any atom is -0.399 e. The van der Waals surface area contributed by atoms with Gasteiger partial charge in [-0.15, -0.1) is 0 Å². The number of halogens is 1. The molecule has 0 saturated heterocycles. The quantitative estimate of drug-likeness (QED) is 0.767. The molecule has 1 aromatic carbocycles. The monoisotopic (exact) mass is 236 g/mol. The van der Waals surface area contributed by atoms with Gasteiger partial charge in [0.05, 0.1) is 5.56 Å². The number of aromatic nitrogens is 2. The fraction of sp³-hybridized carbons (Fsp3) is 0.100. The molecule has 2 rings (SSSR count). The van der Waals surface area contributed by atoms with Crippen molar-refractivity contribution in [3.8, 4) is 0 Å². The van der Waals surface area contributed by atoms with Crippen molar-refractivity contribution < 1.29 is 13.7 Å². The largest absolute Gasteiger partial charge is 0.399 e. The van der Waals surface area contributed by atoms with Crippen molar-refractivity contribution in [2.24, 2.45) is 0 Å². The van der Waals surface area contributed by atoms with E-state index >= 15 is 0 Å². The summed E-state index contributed by atoms with van der Waals surface area (Å²) in [7, 11) is 0. The Kier molecular flexibility index (Phi) is 2.73. The summed E-state index contributed by atoms with van der Waals surface area (Å²) < 4.78 is 18.1. The van der Waals surface area contributed by atoms with E-state index in [9.17, 15) is 9.18 Å². The summed E-state index contributed by atoms with van der Waals surface area (Å²) in [6.07, 6.45) is 0. The molecule has 0 unspecified atom stereocenters. The number of hydrogen-bond acceptors (Lipinski definition) is 5. The highest BCUT2D eigenvalue weighted by Gasteiger charge is 2.14. The van der Waals surface area contributed by atoms with E-state index in [0.717, 1.165) is 6.07 Å². The van der Waals surface area contributed by atoms with Crippen molar-refractivity contribution in [1.29, 1.82) is 0 Å². The van der Waals surface area contributed by atoms with Gasteiger partial charge in [-0.2, -0.15) is 4.98 Å². The highest BCUT2D eigenvalue weighted by atomic mass is 19.1.